The summed E-state index contributed by atoms with van der Waals surface area (Å²) in [4.78, 5) is 0. The second-order valence-corrected chi connectivity index (χ2v) is 4.02. The van der Waals surface area contributed by atoms with Crippen LogP contribution in [-0.4, -0.2) is 15.7 Å². The molecule has 0 radical (unpaired) electrons. The largest absolute Gasteiger partial charge is 0.241 e. The number of nitrogens with zero attached hydrogens (tertiary/aromatic N) is 1. The van der Waals surface area contributed by atoms with E-state index in [2.05, 4.69) is 38.6 Å². The summed E-state index contributed by atoms with van der Waals surface area (Å²) in [6, 6.07) is 0.628. The average Bonchev–Trinajstić information content (AvgIpc) is 2.13. The summed E-state index contributed by atoms with van der Waals surface area (Å²) in [5.41, 5.74) is 0. The molecule has 0 aromatic carbocycles. The van der Waals surface area contributed by atoms with Crippen molar-refractivity contribution >= 4 is 22.9 Å². The van der Waals surface area contributed by atoms with Gasteiger partial charge in [-0.3, -0.25) is 0 Å². The molecular weight excluding hydrogens is 237 g/mol. The second kappa shape index (κ2) is 4.34. The van der Waals surface area contributed by atoms with Gasteiger partial charge in [-0.05, 0) is 12.8 Å². The van der Waals surface area contributed by atoms with Gasteiger partial charge in [0.05, 0.1) is 0 Å². The molecule has 0 saturated carbocycles. The van der Waals surface area contributed by atoms with E-state index in [-0.39, 0.29) is 0 Å². The van der Waals surface area contributed by atoms with Crippen LogP contribution in [0.4, 0.5) is 0 Å². The van der Waals surface area contributed by atoms with Crippen molar-refractivity contribution in [1.29, 1.82) is 0 Å². The first-order valence-electron chi connectivity index (χ1n) is 3.89. The Balaban J connectivity index is 2.43. The molecular formula is C8H14IN. The summed E-state index contributed by atoms with van der Waals surface area (Å²) in [6.07, 6.45) is 7.48. The van der Waals surface area contributed by atoms with E-state index in [1.165, 1.54) is 32.2 Å². The van der Waals surface area contributed by atoms with Gasteiger partial charge in [0.2, 0.25) is 0 Å². The van der Waals surface area contributed by atoms with Crippen molar-refractivity contribution < 1.29 is 0 Å². The normalized spacial score (nSPS) is 29.5. The summed E-state index contributed by atoms with van der Waals surface area (Å²) in [5.74, 6) is 0. The molecule has 1 rings (SSSR count). The van der Waals surface area contributed by atoms with E-state index in [0.717, 1.165) is 0 Å². The van der Waals surface area contributed by atoms with Gasteiger partial charge < -0.3 is 0 Å². The number of hydrogen-bond donors (Lipinski definition) is 0. The van der Waals surface area contributed by atoms with Crippen LogP contribution in [0.5, 0.6) is 0 Å². The Labute approximate surface area is 77.0 Å². The Bertz CT molecular complexity index is 114. The lowest BCUT2D eigenvalue weighted by molar-refractivity contribution is 0.448. The highest BCUT2D eigenvalue weighted by Gasteiger charge is 2.14. The van der Waals surface area contributed by atoms with Gasteiger partial charge in [0, 0.05) is 35.5 Å². The van der Waals surface area contributed by atoms with Gasteiger partial charge in [-0.1, -0.05) is 18.9 Å². The summed E-state index contributed by atoms with van der Waals surface area (Å²) < 4.78 is 2.37. The summed E-state index contributed by atoms with van der Waals surface area (Å²) in [5, 5.41) is 0. The monoisotopic (exact) mass is 251 g/mol. The van der Waals surface area contributed by atoms with Gasteiger partial charge in [-0.25, -0.2) is 3.11 Å². The van der Waals surface area contributed by atoms with Crippen LogP contribution in [0.2, 0.25) is 0 Å². The van der Waals surface area contributed by atoms with Crippen molar-refractivity contribution in [1.82, 2.24) is 3.11 Å². The van der Waals surface area contributed by atoms with Gasteiger partial charge in [-0.15, -0.1) is 6.58 Å². The SMILES string of the molecule is C=C[C@H]1CCCCCN1I. The van der Waals surface area contributed by atoms with E-state index in [1.807, 2.05) is 0 Å². The fourth-order valence-electron chi connectivity index (χ4n) is 1.33. The first-order valence-corrected chi connectivity index (χ1v) is 4.86. The van der Waals surface area contributed by atoms with Crippen LogP contribution in [0.3, 0.4) is 0 Å². The molecule has 1 fully saturated rings. The minimum absolute atomic E-state index is 0.628. The standard InChI is InChI=1S/C8H14IN/c1-2-8-6-4-3-5-7-10(8)9/h2,8H,1,3-7H2/t8-/m0/s1. The molecule has 1 aliphatic heterocycles. The maximum Gasteiger partial charge on any atom is 0.0371 e. The summed E-state index contributed by atoms with van der Waals surface area (Å²) in [7, 11) is 0. The smallest absolute Gasteiger partial charge is 0.0371 e. The summed E-state index contributed by atoms with van der Waals surface area (Å²) >= 11 is 2.41. The van der Waals surface area contributed by atoms with Crippen LogP contribution in [0.15, 0.2) is 12.7 Å². The zero-order chi connectivity index (χ0) is 7.40. The fraction of sp³-hybridized carbons (Fsp3) is 0.750. The molecule has 0 unspecified atom stereocenters. The zero-order valence-electron chi connectivity index (χ0n) is 6.22. The topological polar surface area (TPSA) is 3.24 Å². The maximum atomic E-state index is 3.83. The predicted octanol–water partition coefficient (Wildman–Crippen LogP) is 2.77. The van der Waals surface area contributed by atoms with Crippen molar-refractivity contribution in [2.45, 2.75) is 31.7 Å². The van der Waals surface area contributed by atoms with E-state index in [1.54, 1.807) is 0 Å². The van der Waals surface area contributed by atoms with Crippen molar-refractivity contribution in [3.63, 3.8) is 0 Å². The molecule has 1 aliphatic rings. The molecule has 0 spiro atoms. The lowest BCUT2D eigenvalue weighted by Crippen LogP contribution is -2.22. The van der Waals surface area contributed by atoms with Crippen LogP contribution in [0, 0.1) is 0 Å². The molecule has 10 heavy (non-hydrogen) atoms. The van der Waals surface area contributed by atoms with E-state index in [0.29, 0.717) is 6.04 Å². The highest BCUT2D eigenvalue weighted by molar-refractivity contribution is 14.1. The molecule has 58 valence electrons. The fourth-order valence-corrected chi connectivity index (χ4v) is 2.18. The van der Waals surface area contributed by atoms with Crippen molar-refractivity contribution in [3.05, 3.63) is 12.7 Å². The minimum Gasteiger partial charge on any atom is -0.241 e. The average molecular weight is 251 g/mol. The first-order chi connectivity index (χ1) is 4.84. The second-order valence-electron chi connectivity index (χ2n) is 2.78. The molecule has 1 heterocycles. The molecule has 0 aliphatic carbocycles. The van der Waals surface area contributed by atoms with Crippen LogP contribution in [0.1, 0.15) is 25.7 Å². The quantitative estimate of drug-likeness (QED) is 0.393. The van der Waals surface area contributed by atoms with Gasteiger partial charge in [-0.2, -0.15) is 0 Å². The Morgan fingerprint density at radius 3 is 2.90 bits per heavy atom. The molecule has 1 nitrogen and oxygen atoms in total. The first kappa shape index (κ1) is 8.53. The van der Waals surface area contributed by atoms with Gasteiger partial charge >= 0.3 is 0 Å². The van der Waals surface area contributed by atoms with Crippen molar-refractivity contribution in [3.8, 4) is 0 Å². The summed E-state index contributed by atoms with van der Waals surface area (Å²) in [6.45, 7) is 5.06. The lowest BCUT2D eigenvalue weighted by Gasteiger charge is -2.18. The predicted molar refractivity (Wildman–Crippen MR) is 53.2 cm³/mol. The third kappa shape index (κ3) is 2.23. The molecule has 2 heteroatoms. The Hall–Kier alpha value is 0.430. The van der Waals surface area contributed by atoms with Crippen LogP contribution >= 0.6 is 22.9 Å². The molecule has 0 aromatic heterocycles. The Kier molecular flexibility index (Phi) is 3.70. The number of rotatable bonds is 1. The molecule has 0 aromatic rings. The minimum atomic E-state index is 0.628. The lowest BCUT2D eigenvalue weighted by atomic mass is 10.1. The van der Waals surface area contributed by atoms with Crippen LogP contribution < -0.4 is 0 Å². The molecule has 0 bridgehead atoms. The molecule has 1 atom stereocenters. The zero-order valence-corrected chi connectivity index (χ0v) is 8.38. The Morgan fingerprint density at radius 1 is 1.40 bits per heavy atom. The van der Waals surface area contributed by atoms with Crippen LogP contribution in [-0.2, 0) is 0 Å². The van der Waals surface area contributed by atoms with Crippen molar-refractivity contribution in [2.24, 2.45) is 0 Å². The van der Waals surface area contributed by atoms with Crippen molar-refractivity contribution in [2.75, 3.05) is 6.54 Å². The van der Waals surface area contributed by atoms with E-state index in [9.17, 15) is 0 Å². The highest BCUT2D eigenvalue weighted by Crippen LogP contribution is 2.20. The molecule has 1 saturated heterocycles. The van der Waals surface area contributed by atoms with E-state index < -0.39 is 0 Å². The van der Waals surface area contributed by atoms with Gasteiger partial charge in [0.25, 0.3) is 0 Å². The third-order valence-corrected chi connectivity index (χ3v) is 3.20. The number of hydrogen-bond acceptors (Lipinski definition) is 1. The van der Waals surface area contributed by atoms with E-state index >= 15 is 0 Å². The molecule has 0 amide bonds. The van der Waals surface area contributed by atoms with Crippen LogP contribution in [0.25, 0.3) is 0 Å². The maximum absolute atomic E-state index is 3.83. The van der Waals surface area contributed by atoms with Gasteiger partial charge in [0.1, 0.15) is 0 Å². The number of halogens is 1. The third-order valence-electron chi connectivity index (χ3n) is 2.00. The van der Waals surface area contributed by atoms with Gasteiger partial charge in [0.15, 0.2) is 0 Å². The highest BCUT2D eigenvalue weighted by atomic mass is 127. The van der Waals surface area contributed by atoms with E-state index in [4.69, 9.17) is 0 Å². The Morgan fingerprint density at radius 2 is 2.20 bits per heavy atom. The molecule has 0 N–H and O–H groups in total.